The van der Waals surface area contributed by atoms with Crippen molar-refractivity contribution in [3.63, 3.8) is 0 Å². The fraction of sp³-hybridized carbons (Fsp3) is 0.270. The molecular weight excluding hydrogens is 789 g/mol. The molecule has 58 heavy (non-hydrogen) atoms. The number of rotatable bonds is 15. The van der Waals surface area contributed by atoms with Crippen LogP contribution in [-0.4, -0.2) is 81.3 Å². The number of alkyl halides is 3. The van der Waals surface area contributed by atoms with E-state index in [-0.39, 0.29) is 30.4 Å². The Balaban J connectivity index is 1.05. The van der Waals surface area contributed by atoms with Gasteiger partial charge in [-0.2, -0.15) is 33.1 Å². The molecule has 1 saturated carbocycles. The number of aryl methyl sites for hydroxylation is 1. The van der Waals surface area contributed by atoms with E-state index in [1.54, 1.807) is 43.3 Å². The molecule has 302 valence electrons. The van der Waals surface area contributed by atoms with Crippen molar-refractivity contribution < 1.29 is 46.3 Å². The third-order valence-electron chi connectivity index (χ3n) is 8.50. The number of carbonyl (C=O) groups is 4. The Morgan fingerprint density at radius 1 is 0.914 bits per heavy atom. The van der Waals surface area contributed by atoms with Gasteiger partial charge >= 0.3 is 30.0 Å². The van der Waals surface area contributed by atoms with E-state index < -0.39 is 54.1 Å². The molecule has 0 saturated heterocycles. The number of carbonyl (C=O) groups excluding carboxylic acids is 4. The van der Waals surface area contributed by atoms with Gasteiger partial charge in [0.2, 0.25) is 23.6 Å². The number of nitrogens with zero attached hydrogens (tertiary/aromatic N) is 5. The maximum atomic E-state index is 13.1. The lowest BCUT2D eigenvalue weighted by Crippen LogP contribution is -2.44. The van der Waals surface area contributed by atoms with E-state index in [2.05, 4.69) is 51.7 Å². The summed E-state index contributed by atoms with van der Waals surface area (Å²) in [6.07, 6.45) is -3.37. The summed E-state index contributed by atoms with van der Waals surface area (Å²) in [4.78, 5) is 67.2. The molecule has 0 unspecified atom stereocenters. The number of nitrogens with one attached hydrogen (secondary N) is 5. The molecule has 0 aliphatic heterocycles. The normalized spacial score (nSPS) is 13.4. The second-order valence-electron chi connectivity index (χ2n) is 12.9. The highest BCUT2D eigenvalue weighted by molar-refractivity contribution is 6.39. The Bertz CT molecular complexity index is 2290. The lowest BCUT2D eigenvalue weighted by atomic mass is 10.1. The van der Waals surface area contributed by atoms with E-state index >= 15 is 0 Å². The van der Waals surface area contributed by atoms with Crippen molar-refractivity contribution >= 4 is 58.6 Å². The van der Waals surface area contributed by atoms with Crippen LogP contribution in [0.2, 0.25) is 5.02 Å². The highest BCUT2D eigenvalue weighted by atomic mass is 35.5. The molecule has 2 aromatic heterocycles. The van der Waals surface area contributed by atoms with Gasteiger partial charge in [-0.1, -0.05) is 41.0 Å². The number of anilines is 4. The van der Waals surface area contributed by atoms with Crippen molar-refractivity contribution in [1.82, 2.24) is 35.7 Å². The number of methoxy groups -OCH3 is 1. The van der Waals surface area contributed by atoms with Crippen molar-refractivity contribution in [2.24, 2.45) is 0 Å². The number of hydrogen-bond acceptors (Lipinski definition) is 14. The third kappa shape index (κ3) is 10.9. The Hall–Kier alpha value is -6.83. The van der Waals surface area contributed by atoms with Crippen LogP contribution in [0.5, 0.6) is 6.01 Å². The Morgan fingerprint density at radius 2 is 1.64 bits per heavy atom. The number of halogens is 4. The van der Waals surface area contributed by atoms with Crippen LogP contribution >= 0.6 is 11.6 Å². The van der Waals surface area contributed by atoms with E-state index in [0.717, 1.165) is 12.7 Å². The van der Waals surface area contributed by atoms with E-state index in [4.69, 9.17) is 25.6 Å². The van der Waals surface area contributed by atoms with Gasteiger partial charge in [0.1, 0.15) is 6.04 Å². The molecule has 2 heterocycles. The van der Waals surface area contributed by atoms with E-state index in [0.29, 0.717) is 46.5 Å². The molecule has 1 atom stereocenters. The van der Waals surface area contributed by atoms with Crippen LogP contribution < -0.4 is 31.3 Å². The van der Waals surface area contributed by atoms with Gasteiger partial charge < -0.3 is 40.6 Å². The molecule has 0 radical (unpaired) electrons. The molecule has 1 fully saturated rings. The molecule has 3 amide bonds. The first-order valence-corrected chi connectivity index (χ1v) is 17.8. The molecule has 21 heteroatoms. The van der Waals surface area contributed by atoms with Crippen molar-refractivity contribution in [1.29, 1.82) is 0 Å². The average molecular weight is 823 g/mol. The molecule has 5 N–H and O–H groups in total. The summed E-state index contributed by atoms with van der Waals surface area (Å²) in [5.74, 6) is -2.97. The molecule has 17 nitrogen and oxygen atoms in total. The summed E-state index contributed by atoms with van der Waals surface area (Å²) in [5, 5.41) is 17.8. The van der Waals surface area contributed by atoms with Crippen LogP contribution in [0.15, 0.2) is 77.3 Å². The second-order valence-corrected chi connectivity index (χ2v) is 13.3. The third-order valence-corrected chi connectivity index (χ3v) is 8.75. The van der Waals surface area contributed by atoms with Gasteiger partial charge in [0.05, 0.1) is 12.6 Å². The van der Waals surface area contributed by atoms with E-state index in [9.17, 15) is 32.3 Å². The van der Waals surface area contributed by atoms with Gasteiger partial charge in [-0.25, -0.2) is 4.79 Å². The van der Waals surface area contributed by atoms with Crippen molar-refractivity contribution in [2.45, 2.75) is 43.9 Å². The minimum atomic E-state index is -4.64. The van der Waals surface area contributed by atoms with Crippen LogP contribution in [0.4, 0.5) is 36.4 Å². The number of hydrogen-bond donors (Lipinski definition) is 5. The van der Waals surface area contributed by atoms with Crippen molar-refractivity contribution in [3.05, 3.63) is 94.8 Å². The fourth-order valence-electron chi connectivity index (χ4n) is 5.49. The zero-order chi connectivity index (χ0) is 41.5. The SMILES string of the molecule is COC(=O)[C@H](CCNC(=O)C(=O)Nc1cccc(-c2noc(C)n2)c1)NC(=O)c1ccc(Nc2nc(NC3(c4ccc(Cl)cc4)CC3)nc(OCC(F)(F)F)n2)cc1. The van der Waals surface area contributed by atoms with Crippen molar-refractivity contribution in [3.8, 4) is 17.4 Å². The van der Waals surface area contributed by atoms with Crippen LogP contribution in [-0.2, 0) is 24.7 Å². The fourth-order valence-corrected chi connectivity index (χ4v) is 5.62. The second kappa shape index (κ2) is 17.5. The highest BCUT2D eigenvalue weighted by Crippen LogP contribution is 2.48. The van der Waals surface area contributed by atoms with Gasteiger partial charge in [-0.15, -0.1) is 0 Å². The zero-order valence-corrected chi connectivity index (χ0v) is 31.4. The number of amides is 3. The van der Waals surface area contributed by atoms with Crippen LogP contribution in [0.25, 0.3) is 11.4 Å². The molecule has 0 spiro atoms. The van der Waals surface area contributed by atoms with Crippen LogP contribution in [0.3, 0.4) is 0 Å². The summed E-state index contributed by atoms with van der Waals surface area (Å²) in [6, 6.07) is 17.6. The first-order chi connectivity index (χ1) is 27.7. The molecule has 5 aromatic rings. The van der Waals surface area contributed by atoms with Crippen molar-refractivity contribution in [2.75, 3.05) is 36.2 Å². The van der Waals surface area contributed by atoms with Crippen LogP contribution in [0.1, 0.15) is 41.1 Å². The summed E-state index contributed by atoms with van der Waals surface area (Å²) in [7, 11) is 1.13. The number of esters is 1. The number of ether oxygens (including phenoxy) is 2. The minimum Gasteiger partial charge on any atom is -0.467 e. The summed E-state index contributed by atoms with van der Waals surface area (Å²) < 4.78 is 53.6. The summed E-state index contributed by atoms with van der Waals surface area (Å²) in [5.41, 5.74) is 1.63. The molecule has 0 bridgehead atoms. The molecule has 1 aliphatic rings. The largest absolute Gasteiger partial charge is 0.467 e. The van der Waals surface area contributed by atoms with Gasteiger partial charge in [-0.05, 0) is 73.4 Å². The first-order valence-electron chi connectivity index (χ1n) is 17.4. The lowest BCUT2D eigenvalue weighted by Gasteiger charge is -2.19. The highest BCUT2D eigenvalue weighted by Gasteiger charge is 2.45. The average Bonchev–Trinajstić information content (AvgIpc) is 3.84. The Labute approximate surface area is 332 Å². The molecule has 3 aromatic carbocycles. The quantitative estimate of drug-likeness (QED) is 0.0686. The van der Waals surface area contributed by atoms with Gasteiger partial charge in [-0.3, -0.25) is 14.4 Å². The standard InChI is InChI=1S/C37H34ClF3N10O7/c1-20-43-28(51-58-20)22-4-3-5-26(18-22)44-31(54)30(53)42-17-14-27(32(55)56-2)46-29(52)21-6-12-25(13-7-21)45-33-47-34(49-35(48-33)57-19-37(39,40)41)50-36(15-16-36)23-8-10-24(38)11-9-23/h3-13,18,27H,14-17,19H2,1-2H3,(H,42,53)(H,44,54)(H,46,52)(H2,45,47,48,49,50)/t27-/m0/s1. The van der Waals surface area contributed by atoms with E-state index in [1.165, 1.54) is 24.3 Å². The van der Waals surface area contributed by atoms with Gasteiger partial charge in [0, 0.05) is 41.0 Å². The number of benzene rings is 3. The topological polar surface area (TPSA) is 224 Å². The molecule has 1 aliphatic carbocycles. The summed E-state index contributed by atoms with van der Waals surface area (Å²) >= 11 is 6.03. The maximum absolute atomic E-state index is 13.1. The van der Waals surface area contributed by atoms with Crippen LogP contribution in [0, 0.1) is 6.92 Å². The summed E-state index contributed by atoms with van der Waals surface area (Å²) in [6.45, 7) is -0.184. The zero-order valence-electron chi connectivity index (χ0n) is 30.6. The van der Waals surface area contributed by atoms with Gasteiger partial charge in [0.15, 0.2) is 6.61 Å². The molecule has 6 rings (SSSR count). The van der Waals surface area contributed by atoms with E-state index in [1.807, 2.05) is 12.1 Å². The lowest BCUT2D eigenvalue weighted by molar-refractivity contribution is -0.154. The maximum Gasteiger partial charge on any atom is 0.422 e. The first kappa shape index (κ1) is 40.8. The monoisotopic (exact) mass is 822 g/mol. The minimum absolute atomic E-state index is 0.0365. The predicted molar refractivity (Wildman–Crippen MR) is 201 cm³/mol. The predicted octanol–water partition coefficient (Wildman–Crippen LogP) is 5.09. The smallest absolute Gasteiger partial charge is 0.422 e. The Kier molecular flexibility index (Phi) is 12.3. The molecular formula is C37H34ClF3N10O7. The Morgan fingerprint density at radius 3 is 2.29 bits per heavy atom. The van der Waals surface area contributed by atoms with Gasteiger partial charge in [0.25, 0.3) is 5.91 Å². The number of aromatic nitrogens is 5.